The first-order valence-corrected chi connectivity index (χ1v) is 6.45. The third kappa shape index (κ3) is 2.72. The second kappa shape index (κ2) is 5.52. The predicted molar refractivity (Wildman–Crippen MR) is 65.0 cm³/mol. The maximum atomic E-state index is 12.1. The minimum atomic E-state index is -0.835. The van der Waals surface area contributed by atoms with Gasteiger partial charge >= 0.3 is 5.97 Å². The Kier molecular flexibility index (Phi) is 4.01. The molecule has 1 aliphatic heterocycles. The summed E-state index contributed by atoms with van der Waals surface area (Å²) < 4.78 is 5.49. The summed E-state index contributed by atoms with van der Waals surface area (Å²) in [5.41, 5.74) is 0. The van der Waals surface area contributed by atoms with Crippen LogP contribution in [0.4, 0.5) is 0 Å². The van der Waals surface area contributed by atoms with Gasteiger partial charge in [-0.05, 0) is 19.3 Å². The smallest absolute Gasteiger partial charge is 0.310 e. The van der Waals surface area contributed by atoms with Crippen molar-refractivity contribution in [1.29, 1.82) is 0 Å². The molecule has 0 aromatic rings. The zero-order valence-electron chi connectivity index (χ0n) is 10.5. The van der Waals surface area contributed by atoms with Gasteiger partial charge in [0, 0.05) is 12.6 Å². The molecule has 4 unspecified atom stereocenters. The first-order chi connectivity index (χ1) is 8.61. The lowest BCUT2D eigenvalue weighted by atomic mass is 9.98. The summed E-state index contributed by atoms with van der Waals surface area (Å²) in [6, 6.07) is -0.156. The Morgan fingerprint density at radius 1 is 1.44 bits per heavy atom. The second-order valence-corrected chi connectivity index (χ2v) is 4.89. The van der Waals surface area contributed by atoms with E-state index in [0.29, 0.717) is 13.0 Å². The highest BCUT2D eigenvalue weighted by Gasteiger charge is 2.34. The molecular formula is C13H19NO4. The summed E-state index contributed by atoms with van der Waals surface area (Å²) in [4.78, 5) is 22.9. The lowest BCUT2D eigenvalue weighted by molar-refractivity contribution is -0.140. The molecule has 0 aromatic heterocycles. The number of amides is 1. The molecule has 1 aliphatic carbocycles. The van der Waals surface area contributed by atoms with Crippen molar-refractivity contribution < 1.29 is 19.4 Å². The minimum absolute atomic E-state index is 0.00523. The maximum absolute atomic E-state index is 12.1. The van der Waals surface area contributed by atoms with Crippen molar-refractivity contribution in [3.05, 3.63) is 12.2 Å². The number of aliphatic carboxylic acids is 1. The van der Waals surface area contributed by atoms with Crippen molar-refractivity contribution >= 4 is 11.9 Å². The van der Waals surface area contributed by atoms with Crippen molar-refractivity contribution in [2.24, 2.45) is 11.8 Å². The van der Waals surface area contributed by atoms with Crippen LogP contribution in [0.2, 0.25) is 0 Å². The fraction of sp³-hybridized carbons (Fsp3) is 0.692. The van der Waals surface area contributed by atoms with Gasteiger partial charge in [-0.3, -0.25) is 9.59 Å². The molecule has 5 nitrogen and oxygen atoms in total. The molecule has 2 rings (SSSR count). The normalized spacial score (nSPS) is 34.7. The Bertz CT molecular complexity index is 366. The molecule has 2 aliphatic rings. The summed E-state index contributed by atoms with van der Waals surface area (Å²) in [6.07, 6.45) is 5.46. The standard InChI is InChI=1S/C13H19NO4/c1-2-11-10(5-6-18-11)12(15)14-9-4-3-8(7-9)13(16)17/h3-4,8-11H,2,5-7H2,1H3,(H,14,15)(H,16,17). The molecule has 4 atom stereocenters. The second-order valence-electron chi connectivity index (χ2n) is 4.89. The van der Waals surface area contributed by atoms with Crippen LogP contribution in [0.1, 0.15) is 26.2 Å². The average molecular weight is 253 g/mol. The number of rotatable bonds is 4. The Morgan fingerprint density at radius 2 is 2.22 bits per heavy atom. The first-order valence-electron chi connectivity index (χ1n) is 6.45. The molecule has 0 aromatic carbocycles. The van der Waals surface area contributed by atoms with E-state index >= 15 is 0 Å². The van der Waals surface area contributed by atoms with Crippen molar-refractivity contribution in [2.45, 2.75) is 38.3 Å². The van der Waals surface area contributed by atoms with E-state index in [0.717, 1.165) is 12.8 Å². The fourth-order valence-electron chi connectivity index (χ4n) is 2.63. The monoisotopic (exact) mass is 253 g/mol. The van der Waals surface area contributed by atoms with Crippen LogP contribution in [0.15, 0.2) is 12.2 Å². The zero-order valence-corrected chi connectivity index (χ0v) is 10.5. The van der Waals surface area contributed by atoms with Crippen LogP contribution in [-0.2, 0) is 14.3 Å². The molecule has 1 heterocycles. The summed E-state index contributed by atoms with van der Waals surface area (Å²) in [6.45, 7) is 2.64. The minimum Gasteiger partial charge on any atom is -0.481 e. The van der Waals surface area contributed by atoms with Crippen LogP contribution in [0, 0.1) is 11.8 Å². The predicted octanol–water partition coefficient (Wildman–Crippen LogP) is 0.947. The maximum Gasteiger partial charge on any atom is 0.310 e. The summed E-state index contributed by atoms with van der Waals surface area (Å²) >= 11 is 0. The number of carboxylic acids is 1. The number of nitrogens with one attached hydrogen (secondary N) is 1. The third-order valence-electron chi connectivity index (χ3n) is 3.68. The fourth-order valence-corrected chi connectivity index (χ4v) is 2.63. The number of carbonyl (C=O) groups excluding carboxylic acids is 1. The van der Waals surface area contributed by atoms with Gasteiger partial charge in [-0.15, -0.1) is 0 Å². The highest BCUT2D eigenvalue weighted by molar-refractivity contribution is 5.80. The quantitative estimate of drug-likeness (QED) is 0.731. The van der Waals surface area contributed by atoms with Gasteiger partial charge in [0.15, 0.2) is 0 Å². The largest absolute Gasteiger partial charge is 0.481 e. The van der Waals surface area contributed by atoms with E-state index in [9.17, 15) is 9.59 Å². The van der Waals surface area contributed by atoms with E-state index < -0.39 is 11.9 Å². The van der Waals surface area contributed by atoms with Gasteiger partial charge < -0.3 is 15.2 Å². The van der Waals surface area contributed by atoms with Crippen molar-refractivity contribution in [1.82, 2.24) is 5.32 Å². The molecule has 1 saturated heterocycles. The van der Waals surface area contributed by atoms with Crippen molar-refractivity contribution in [3.63, 3.8) is 0 Å². The number of carbonyl (C=O) groups is 2. The van der Waals surface area contributed by atoms with Gasteiger partial charge in [0.2, 0.25) is 5.91 Å². The molecule has 1 fully saturated rings. The lowest BCUT2D eigenvalue weighted by Crippen LogP contribution is -2.40. The van der Waals surface area contributed by atoms with E-state index in [2.05, 4.69) is 5.32 Å². The van der Waals surface area contributed by atoms with Gasteiger partial charge in [0.05, 0.1) is 17.9 Å². The van der Waals surface area contributed by atoms with Gasteiger partial charge in [0.1, 0.15) is 0 Å². The first kappa shape index (κ1) is 13.1. The lowest BCUT2D eigenvalue weighted by Gasteiger charge is -2.19. The van der Waals surface area contributed by atoms with Gasteiger partial charge in [0.25, 0.3) is 0 Å². The van der Waals surface area contributed by atoms with Crippen LogP contribution < -0.4 is 5.32 Å². The van der Waals surface area contributed by atoms with Crippen LogP contribution in [-0.4, -0.2) is 35.7 Å². The zero-order chi connectivity index (χ0) is 13.1. The Hall–Kier alpha value is -1.36. The number of hydrogen-bond donors (Lipinski definition) is 2. The Labute approximate surface area is 106 Å². The van der Waals surface area contributed by atoms with Gasteiger partial charge in [-0.25, -0.2) is 0 Å². The SMILES string of the molecule is CCC1OCCC1C(=O)NC1C=CC(C(=O)O)C1. The van der Waals surface area contributed by atoms with E-state index in [4.69, 9.17) is 9.84 Å². The van der Waals surface area contributed by atoms with E-state index in [1.807, 2.05) is 6.92 Å². The van der Waals surface area contributed by atoms with Crippen LogP contribution in [0.5, 0.6) is 0 Å². The van der Waals surface area contributed by atoms with Crippen LogP contribution >= 0.6 is 0 Å². The molecular weight excluding hydrogens is 234 g/mol. The molecule has 18 heavy (non-hydrogen) atoms. The van der Waals surface area contributed by atoms with Crippen LogP contribution in [0.25, 0.3) is 0 Å². The van der Waals surface area contributed by atoms with Crippen molar-refractivity contribution in [3.8, 4) is 0 Å². The number of hydrogen-bond acceptors (Lipinski definition) is 3. The summed E-state index contributed by atoms with van der Waals surface area (Å²) in [5, 5.41) is 11.8. The van der Waals surface area contributed by atoms with Gasteiger partial charge in [-0.1, -0.05) is 19.1 Å². The number of ether oxygens (including phenoxy) is 1. The third-order valence-corrected chi connectivity index (χ3v) is 3.68. The molecule has 0 radical (unpaired) electrons. The molecule has 0 bridgehead atoms. The van der Waals surface area contributed by atoms with Gasteiger partial charge in [-0.2, -0.15) is 0 Å². The highest BCUT2D eigenvalue weighted by Crippen LogP contribution is 2.25. The Morgan fingerprint density at radius 3 is 2.83 bits per heavy atom. The number of carboxylic acid groups (broad SMARTS) is 1. The molecule has 5 heteroatoms. The van der Waals surface area contributed by atoms with Crippen molar-refractivity contribution in [2.75, 3.05) is 6.61 Å². The molecule has 0 spiro atoms. The molecule has 1 amide bonds. The van der Waals surface area contributed by atoms with E-state index in [1.54, 1.807) is 12.2 Å². The van der Waals surface area contributed by atoms with Crippen LogP contribution in [0.3, 0.4) is 0 Å². The van der Waals surface area contributed by atoms with E-state index in [1.165, 1.54) is 0 Å². The Balaban J connectivity index is 1.85. The highest BCUT2D eigenvalue weighted by atomic mass is 16.5. The topological polar surface area (TPSA) is 75.6 Å². The van der Waals surface area contributed by atoms with E-state index in [-0.39, 0.29) is 24.0 Å². The molecule has 0 saturated carbocycles. The summed E-state index contributed by atoms with van der Waals surface area (Å²) in [7, 11) is 0. The summed E-state index contributed by atoms with van der Waals surface area (Å²) in [5.74, 6) is -1.41. The molecule has 2 N–H and O–H groups in total. The average Bonchev–Trinajstić information content (AvgIpc) is 2.96. The molecule has 100 valence electrons.